The van der Waals surface area contributed by atoms with E-state index in [9.17, 15) is 9.90 Å². The normalized spacial score (nSPS) is 9.50. The van der Waals surface area contributed by atoms with Crippen molar-refractivity contribution >= 4 is 12.1 Å². The van der Waals surface area contributed by atoms with Crippen LogP contribution < -0.4 is 5.43 Å². The van der Waals surface area contributed by atoms with Gasteiger partial charge in [-0.05, 0) is 30.3 Å². The molecule has 6 nitrogen and oxygen atoms in total. The molecule has 0 atom stereocenters. The number of aromatic hydroxyl groups is 1. The third-order valence-corrected chi connectivity index (χ3v) is 2.75. The Balaban J connectivity index is 0.000000412. The number of nitrogens with one attached hydrogen (secondary N) is 2. The van der Waals surface area contributed by atoms with E-state index >= 15 is 0 Å². The molecule has 3 aromatic rings. The van der Waals surface area contributed by atoms with E-state index in [2.05, 4.69) is 20.7 Å². The Morgan fingerprint density at radius 1 is 1.08 bits per heavy atom. The number of hydrazone groups is 1. The summed E-state index contributed by atoms with van der Waals surface area (Å²) in [4.78, 5) is 11.6. The number of aromatic nitrogens is 2. The number of carbonyl (C=O) groups is 1. The molecule has 3 rings (SSSR count). The Labute approximate surface area is 150 Å². The molecule has 1 radical (unpaired) electrons. The molecule has 7 heteroatoms. The van der Waals surface area contributed by atoms with Crippen molar-refractivity contribution in [2.75, 3.05) is 0 Å². The van der Waals surface area contributed by atoms with Crippen LogP contribution in [-0.2, 0) is 17.1 Å². The fourth-order valence-corrected chi connectivity index (χ4v) is 1.63. The topological polar surface area (TPSA) is 90.4 Å². The molecule has 1 amide bonds. The maximum absolute atomic E-state index is 11.6. The zero-order valence-corrected chi connectivity index (χ0v) is 13.5. The van der Waals surface area contributed by atoms with Crippen molar-refractivity contribution in [3.05, 3.63) is 84.2 Å². The number of H-pyrrole nitrogens is 1. The summed E-state index contributed by atoms with van der Waals surface area (Å²) in [7, 11) is 0. The Kier molecular flexibility index (Phi) is 8.60. The molecule has 1 heterocycles. The van der Waals surface area contributed by atoms with Crippen LogP contribution in [0.2, 0.25) is 0 Å². The van der Waals surface area contributed by atoms with Gasteiger partial charge in [0, 0.05) is 40.6 Å². The van der Waals surface area contributed by atoms with Gasteiger partial charge in [-0.25, -0.2) is 5.43 Å². The molecule has 0 aliphatic carbocycles. The van der Waals surface area contributed by atoms with Crippen molar-refractivity contribution in [3.8, 4) is 5.75 Å². The van der Waals surface area contributed by atoms with E-state index in [0.717, 1.165) is 0 Å². The van der Waals surface area contributed by atoms with E-state index in [1.54, 1.807) is 60.9 Å². The number of para-hydroxylation sites is 1. The summed E-state index contributed by atoms with van der Waals surface area (Å²) in [6, 6.07) is 17.4. The van der Waals surface area contributed by atoms with Crippen LogP contribution in [0.25, 0.3) is 0 Å². The number of benzene rings is 2. The second-order valence-corrected chi connectivity index (χ2v) is 4.39. The second-order valence-electron chi connectivity index (χ2n) is 4.39. The summed E-state index contributed by atoms with van der Waals surface area (Å²) in [5.74, 6) is -0.169. The molecule has 0 fully saturated rings. The van der Waals surface area contributed by atoms with Crippen LogP contribution in [0, 0.1) is 0 Å². The summed E-state index contributed by atoms with van der Waals surface area (Å²) in [5, 5.41) is 19.5. The van der Waals surface area contributed by atoms with Gasteiger partial charge in [0.25, 0.3) is 5.91 Å². The fraction of sp³-hybridized carbons (Fsp3) is 0. The van der Waals surface area contributed by atoms with Gasteiger partial charge in [0.2, 0.25) is 0 Å². The molecule has 1 aromatic heterocycles. The Morgan fingerprint density at radius 2 is 1.79 bits per heavy atom. The van der Waals surface area contributed by atoms with Crippen LogP contribution in [0.4, 0.5) is 0 Å². The predicted octanol–water partition coefficient (Wildman–Crippen LogP) is 2.56. The smallest absolute Gasteiger partial charge is 0.271 e. The minimum absolute atomic E-state index is 0. The molecule has 24 heavy (non-hydrogen) atoms. The number of hydrogen-bond donors (Lipinski definition) is 3. The third-order valence-electron chi connectivity index (χ3n) is 2.75. The molecule has 2 aromatic carbocycles. The standard InChI is InChI=1S/C14H12N2O2.C3H4N2.Cu/c17-13-9-5-4-8-12(13)10-15-16-14(18)11-6-2-1-3-7-11;1-2-4-5-3-1;/h1-10,17H,(H,16,18);1-3H,(H,4,5);/b15-10+;;. The molecule has 0 spiro atoms. The van der Waals surface area contributed by atoms with Crippen molar-refractivity contribution < 1.29 is 27.0 Å². The van der Waals surface area contributed by atoms with Crippen LogP contribution in [0.1, 0.15) is 15.9 Å². The monoisotopic (exact) mass is 371 g/mol. The molecule has 0 saturated carbocycles. The number of amides is 1. The largest absolute Gasteiger partial charge is 0.507 e. The molecule has 0 aliphatic rings. The minimum Gasteiger partial charge on any atom is -0.507 e. The van der Waals surface area contributed by atoms with Crippen molar-refractivity contribution in [2.24, 2.45) is 5.10 Å². The molecule has 0 bridgehead atoms. The summed E-state index contributed by atoms with van der Waals surface area (Å²) >= 11 is 0. The molecule has 0 unspecified atom stereocenters. The molecule has 3 N–H and O–H groups in total. The Bertz CT molecular complexity index is 729. The number of hydrogen-bond acceptors (Lipinski definition) is 4. The van der Waals surface area contributed by atoms with Crippen LogP contribution in [-0.4, -0.2) is 27.4 Å². The second kappa shape index (κ2) is 10.8. The van der Waals surface area contributed by atoms with Crippen molar-refractivity contribution in [1.82, 2.24) is 15.6 Å². The van der Waals surface area contributed by atoms with Gasteiger partial charge in [0.15, 0.2) is 0 Å². The zero-order chi connectivity index (χ0) is 16.3. The number of nitrogens with zero attached hydrogens (tertiary/aromatic N) is 2. The molecule has 127 valence electrons. The van der Waals surface area contributed by atoms with Gasteiger partial charge < -0.3 is 5.11 Å². The minimum atomic E-state index is -0.290. The van der Waals surface area contributed by atoms with E-state index in [4.69, 9.17) is 0 Å². The number of phenolic OH excluding ortho intramolecular Hbond substituents is 1. The van der Waals surface area contributed by atoms with E-state index in [1.165, 1.54) is 6.21 Å². The maximum Gasteiger partial charge on any atom is 0.271 e. The molecule has 0 saturated heterocycles. The van der Waals surface area contributed by atoms with E-state index < -0.39 is 0 Å². The molecule has 0 aliphatic heterocycles. The first kappa shape index (κ1) is 19.2. The molecular formula is C17H16CuN4O2. The number of phenols is 1. The Hall–Kier alpha value is -2.89. The number of rotatable bonds is 3. The van der Waals surface area contributed by atoms with Gasteiger partial charge >= 0.3 is 0 Å². The summed E-state index contributed by atoms with van der Waals surface area (Å²) in [6.07, 6.45) is 4.86. The SMILES string of the molecule is O=C(N/N=C/c1ccccc1O)c1ccccc1.[Cu].c1cn[nH]c1. The fourth-order valence-electron chi connectivity index (χ4n) is 1.63. The Morgan fingerprint density at radius 3 is 2.38 bits per heavy atom. The number of aromatic amines is 1. The van der Waals surface area contributed by atoms with Crippen LogP contribution in [0.3, 0.4) is 0 Å². The first-order valence-electron chi connectivity index (χ1n) is 6.87. The van der Waals surface area contributed by atoms with Crippen LogP contribution in [0.5, 0.6) is 5.75 Å². The van der Waals surface area contributed by atoms with Crippen LogP contribution in [0.15, 0.2) is 78.2 Å². The van der Waals surface area contributed by atoms with Gasteiger partial charge in [0.1, 0.15) is 5.75 Å². The first-order chi connectivity index (χ1) is 11.3. The van der Waals surface area contributed by atoms with Gasteiger partial charge in [-0.15, -0.1) is 0 Å². The summed E-state index contributed by atoms with van der Waals surface area (Å²) in [5.41, 5.74) is 3.48. The van der Waals surface area contributed by atoms with E-state index in [1.807, 2.05) is 12.1 Å². The molecular weight excluding hydrogens is 356 g/mol. The maximum atomic E-state index is 11.6. The zero-order valence-electron chi connectivity index (χ0n) is 12.6. The van der Waals surface area contributed by atoms with E-state index in [-0.39, 0.29) is 28.7 Å². The third kappa shape index (κ3) is 6.48. The quantitative estimate of drug-likeness (QED) is 0.375. The van der Waals surface area contributed by atoms with Gasteiger partial charge in [-0.1, -0.05) is 30.3 Å². The van der Waals surface area contributed by atoms with Gasteiger partial charge in [-0.3, -0.25) is 9.89 Å². The van der Waals surface area contributed by atoms with Crippen molar-refractivity contribution in [2.45, 2.75) is 0 Å². The van der Waals surface area contributed by atoms with Crippen LogP contribution >= 0.6 is 0 Å². The van der Waals surface area contributed by atoms with Crippen molar-refractivity contribution in [3.63, 3.8) is 0 Å². The average molecular weight is 372 g/mol. The van der Waals surface area contributed by atoms with E-state index in [0.29, 0.717) is 11.1 Å². The number of carbonyl (C=O) groups excluding carboxylic acids is 1. The summed E-state index contributed by atoms with van der Waals surface area (Å²) in [6.45, 7) is 0. The first-order valence-corrected chi connectivity index (χ1v) is 6.87. The predicted molar refractivity (Wildman–Crippen MR) is 88.2 cm³/mol. The van der Waals surface area contributed by atoms with Gasteiger partial charge in [-0.2, -0.15) is 10.2 Å². The summed E-state index contributed by atoms with van der Waals surface area (Å²) < 4.78 is 0. The van der Waals surface area contributed by atoms with Crippen molar-refractivity contribution in [1.29, 1.82) is 0 Å². The van der Waals surface area contributed by atoms with Gasteiger partial charge in [0.05, 0.1) is 6.21 Å². The average Bonchev–Trinajstić information content (AvgIpc) is 3.17.